The van der Waals surface area contributed by atoms with Crippen molar-refractivity contribution in [1.29, 1.82) is 0 Å². The molecule has 0 saturated heterocycles. The van der Waals surface area contributed by atoms with Crippen molar-refractivity contribution in [3.8, 4) is 5.75 Å². The molecule has 0 unspecified atom stereocenters. The molecular formula is C24H32BrNO2. The number of carbonyl (C=O) groups is 1. The van der Waals surface area contributed by atoms with Crippen LogP contribution in [0.1, 0.15) is 76.0 Å². The predicted molar refractivity (Wildman–Crippen MR) is 121 cm³/mol. The number of carbonyl (C=O) groups excluding carboxylic acids is 1. The third-order valence-electron chi connectivity index (χ3n) is 4.85. The Balaban J connectivity index is 1.93. The number of rotatable bonds is 9. The van der Waals surface area contributed by atoms with Crippen molar-refractivity contribution in [3.63, 3.8) is 0 Å². The lowest BCUT2D eigenvalue weighted by Gasteiger charge is -2.20. The van der Waals surface area contributed by atoms with Crippen molar-refractivity contribution >= 4 is 27.5 Å². The highest BCUT2D eigenvalue weighted by Gasteiger charge is 2.15. The van der Waals surface area contributed by atoms with Gasteiger partial charge in [-0.1, -0.05) is 58.9 Å². The van der Waals surface area contributed by atoms with Gasteiger partial charge in [0.05, 0.1) is 11.1 Å². The van der Waals surface area contributed by atoms with Crippen LogP contribution in [-0.2, 0) is 11.2 Å². The number of benzene rings is 2. The Morgan fingerprint density at radius 3 is 2.25 bits per heavy atom. The first kappa shape index (κ1) is 22.5. The Bertz CT molecular complexity index is 773. The van der Waals surface area contributed by atoms with Gasteiger partial charge in [0.25, 0.3) is 0 Å². The molecular weight excluding hydrogens is 414 g/mol. The minimum Gasteiger partial charge on any atom is -0.492 e. The van der Waals surface area contributed by atoms with Crippen LogP contribution in [0.15, 0.2) is 40.9 Å². The molecule has 2 aromatic carbocycles. The smallest absolute Gasteiger partial charge is 0.224 e. The van der Waals surface area contributed by atoms with E-state index in [0.29, 0.717) is 31.3 Å². The average molecular weight is 446 g/mol. The third kappa shape index (κ3) is 6.10. The van der Waals surface area contributed by atoms with Crippen molar-refractivity contribution in [1.82, 2.24) is 0 Å². The molecule has 0 radical (unpaired) electrons. The van der Waals surface area contributed by atoms with Crippen LogP contribution in [0, 0.1) is 0 Å². The van der Waals surface area contributed by atoms with Gasteiger partial charge in [0.1, 0.15) is 5.75 Å². The normalized spacial score (nSPS) is 11.1. The van der Waals surface area contributed by atoms with Crippen molar-refractivity contribution < 1.29 is 9.53 Å². The number of ether oxygens (including phenoxy) is 1. The van der Waals surface area contributed by atoms with Crippen LogP contribution in [0.4, 0.5) is 5.69 Å². The largest absolute Gasteiger partial charge is 0.492 e. The van der Waals surface area contributed by atoms with Gasteiger partial charge in [0.2, 0.25) is 5.91 Å². The zero-order valence-electron chi connectivity index (χ0n) is 17.6. The van der Waals surface area contributed by atoms with Crippen LogP contribution < -0.4 is 10.1 Å². The lowest BCUT2D eigenvalue weighted by atomic mass is 9.92. The zero-order chi connectivity index (χ0) is 20.7. The van der Waals surface area contributed by atoms with Gasteiger partial charge < -0.3 is 10.1 Å². The molecule has 0 spiro atoms. The Morgan fingerprint density at radius 2 is 1.71 bits per heavy atom. The van der Waals surface area contributed by atoms with Crippen molar-refractivity contribution in [2.75, 3.05) is 11.9 Å². The van der Waals surface area contributed by atoms with Gasteiger partial charge in [0.15, 0.2) is 0 Å². The number of halogens is 1. The molecule has 2 rings (SSSR count). The maximum Gasteiger partial charge on any atom is 0.224 e. The molecule has 152 valence electrons. The van der Waals surface area contributed by atoms with Crippen molar-refractivity contribution in [2.24, 2.45) is 0 Å². The maximum absolute atomic E-state index is 12.5. The number of hydrogen-bond acceptors (Lipinski definition) is 2. The summed E-state index contributed by atoms with van der Waals surface area (Å²) >= 11 is 3.55. The van der Waals surface area contributed by atoms with Crippen LogP contribution in [0.3, 0.4) is 0 Å². The molecule has 2 aromatic rings. The molecule has 0 fully saturated rings. The SMILES string of the molecule is CCc1ccc(OCCCC(=O)Nc2c(C(C)C)cccc2C(C)C)c(Br)c1. The van der Waals surface area contributed by atoms with E-state index in [4.69, 9.17) is 4.74 Å². The molecule has 1 N–H and O–H groups in total. The van der Waals surface area contributed by atoms with E-state index in [-0.39, 0.29) is 5.91 Å². The zero-order valence-corrected chi connectivity index (χ0v) is 19.2. The van der Waals surface area contributed by atoms with E-state index in [2.05, 4.69) is 86.2 Å². The van der Waals surface area contributed by atoms with Gasteiger partial charge in [-0.25, -0.2) is 0 Å². The van der Waals surface area contributed by atoms with E-state index in [0.717, 1.165) is 22.3 Å². The summed E-state index contributed by atoms with van der Waals surface area (Å²) in [4.78, 5) is 12.5. The van der Waals surface area contributed by atoms with E-state index in [1.165, 1.54) is 16.7 Å². The minimum atomic E-state index is 0.0407. The van der Waals surface area contributed by atoms with Crippen molar-refractivity contribution in [3.05, 3.63) is 57.6 Å². The fourth-order valence-corrected chi connectivity index (χ4v) is 3.73. The quantitative estimate of drug-likeness (QED) is 0.419. The number of nitrogens with one attached hydrogen (secondary N) is 1. The van der Waals surface area contributed by atoms with Gasteiger partial charge in [0, 0.05) is 12.1 Å². The monoisotopic (exact) mass is 445 g/mol. The first-order valence-electron chi connectivity index (χ1n) is 10.2. The second kappa shape index (κ2) is 10.7. The fourth-order valence-electron chi connectivity index (χ4n) is 3.19. The number of aryl methyl sites for hydroxylation is 1. The molecule has 0 aliphatic heterocycles. The molecule has 0 heterocycles. The predicted octanol–water partition coefficient (Wildman–Crippen LogP) is 7.06. The summed E-state index contributed by atoms with van der Waals surface area (Å²) < 4.78 is 6.80. The third-order valence-corrected chi connectivity index (χ3v) is 5.47. The molecule has 0 atom stereocenters. The summed E-state index contributed by atoms with van der Waals surface area (Å²) in [5.41, 5.74) is 4.63. The van der Waals surface area contributed by atoms with Crippen LogP contribution in [0.5, 0.6) is 5.75 Å². The molecule has 1 amide bonds. The fraction of sp³-hybridized carbons (Fsp3) is 0.458. The molecule has 0 bridgehead atoms. The molecule has 0 saturated carbocycles. The lowest BCUT2D eigenvalue weighted by molar-refractivity contribution is -0.116. The molecule has 28 heavy (non-hydrogen) atoms. The van der Waals surface area contributed by atoms with Gasteiger partial charge in [-0.05, 0) is 69.4 Å². The molecule has 3 nitrogen and oxygen atoms in total. The summed E-state index contributed by atoms with van der Waals surface area (Å²) in [7, 11) is 0. The highest BCUT2D eigenvalue weighted by atomic mass is 79.9. The lowest BCUT2D eigenvalue weighted by Crippen LogP contribution is -2.16. The van der Waals surface area contributed by atoms with Crippen LogP contribution in [-0.4, -0.2) is 12.5 Å². The molecule has 0 aromatic heterocycles. The van der Waals surface area contributed by atoms with E-state index >= 15 is 0 Å². The van der Waals surface area contributed by atoms with Crippen LogP contribution in [0.2, 0.25) is 0 Å². The van der Waals surface area contributed by atoms with Crippen LogP contribution >= 0.6 is 15.9 Å². The molecule has 4 heteroatoms. The average Bonchev–Trinajstić information content (AvgIpc) is 2.65. The second-order valence-electron chi connectivity index (χ2n) is 7.74. The van der Waals surface area contributed by atoms with E-state index < -0.39 is 0 Å². The van der Waals surface area contributed by atoms with Crippen molar-refractivity contribution in [2.45, 2.75) is 65.7 Å². The van der Waals surface area contributed by atoms with Gasteiger partial charge in [-0.3, -0.25) is 4.79 Å². The second-order valence-corrected chi connectivity index (χ2v) is 8.59. The summed E-state index contributed by atoms with van der Waals surface area (Å²) in [6, 6.07) is 12.4. The van der Waals surface area contributed by atoms with E-state index in [1.54, 1.807) is 0 Å². The Kier molecular flexibility index (Phi) is 8.56. The van der Waals surface area contributed by atoms with Gasteiger partial charge in [-0.15, -0.1) is 0 Å². The number of hydrogen-bond donors (Lipinski definition) is 1. The Morgan fingerprint density at radius 1 is 1.07 bits per heavy atom. The first-order valence-corrected chi connectivity index (χ1v) is 11.0. The topological polar surface area (TPSA) is 38.3 Å². The highest BCUT2D eigenvalue weighted by molar-refractivity contribution is 9.10. The van der Waals surface area contributed by atoms with Gasteiger partial charge in [-0.2, -0.15) is 0 Å². The summed E-state index contributed by atoms with van der Waals surface area (Å²) in [6.45, 7) is 11.3. The standard InChI is InChI=1S/C24H32BrNO2/c1-6-18-12-13-22(21(25)15-18)28-14-8-11-23(27)26-24-19(16(2)3)9-7-10-20(24)17(4)5/h7,9-10,12-13,15-17H,6,8,11,14H2,1-5H3,(H,26,27). The van der Waals surface area contributed by atoms with Gasteiger partial charge >= 0.3 is 0 Å². The van der Waals surface area contributed by atoms with E-state index in [9.17, 15) is 4.79 Å². The Hall–Kier alpha value is -1.81. The summed E-state index contributed by atoms with van der Waals surface area (Å²) in [6.07, 6.45) is 2.11. The minimum absolute atomic E-state index is 0.0407. The van der Waals surface area contributed by atoms with E-state index in [1.807, 2.05) is 6.07 Å². The summed E-state index contributed by atoms with van der Waals surface area (Å²) in [5, 5.41) is 3.16. The first-order chi connectivity index (χ1) is 13.3. The number of amides is 1. The summed E-state index contributed by atoms with van der Waals surface area (Å²) in [5.74, 6) is 1.59. The number of anilines is 1. The maximum atomic E-state index is 12.5. The molecule has 0 aliphatic rings. The number of para-hydroxylation sites is 1. The Labute approximate surface area is 178 Å². The molecule has 0 aliphatic carbocycles. The highest BCUT2D eigenvalue weighted by Crippen LogP contribution is 2.32. The van der Waals surface area contributed by atoms with Crippen LogP contribution in [0.25, 0.3) is 0 Å².